The van der Waals surface area contributed by atoms with Gasteiger partial charge in [-0.2, -0.15) is 0 Å². The van der Waals surface area contributed by atoms with E-state index in [4.69, 9.17) is 11.5 Å². The molecule has 2 aromatic carbocycles. The number of nitrogens with zero attached hydrogens (tertiary/aromatic N) is 1. The van der Waals surface area contributed by atoms with Crippen LogP contribution in [-0.2, 0) is 6.54 Å². The van der Waals surface area contributed by atoms with Gasteiger partial charge in [0.05, 0.1) is 0 Å². The van der Waals surface area contributed by atoms with E-state index in [2.05, 4.69) is 4.90 Å². The monoisotopic (exact) mass is 255 g/mol. The quantitative estimate of drug-likeness (QED) is 0.821. The topological polar surface area (TPSA) is 72.3 Å². The van der Waals surface area contributed by atoms with Crippen LogP contribution in [0.2, 0.25) is 0 Å². The third-order valence-electron chi connectivity index (χ3n) is 2.99. The van der Waals surface area contributed by atoms with Crippen molar-refractivity contribution in [3.05, 3.63) is 59.7 Å². The number of anilines is 2. The second-order valence-corrected chi connectivity index (χ2v) is 4.51. The van der Waals surface area contributed by atoms with E-state index >= 15 is 0 Å². The second-order valence-electron chi connectivity index (χ2n) is 4.51. The standard InChI is InChI=1S/C15H17N3O/c1-18(10-11-2-6-13(16)7-3-11)14-8-4-12(5-9-14)15(17)19/h2-9H,10,16H2,1H3,(H2,17,19). The van der Waals surface area contributed by atoms with Crippen LogP contribution in [0.15, 0.2) is 48.5 Å². The highest BCUT2D eigenvalue weighted by molar-refractivity contribution is 5.93. The summed E-state index contributed by atoms with van der Waals surface area (Å²) in [5, 5.41) is 0. The Hall–Kier alpha value is -2.49. The Kier molecular flexibility index (Phi) is 3.71. The molecule has 0 fully saturated rings. The maximum atomic E-state index is 11.0. The molecule has 2 aromatic rings. The predicted molar refractivity (Wildman–Crippen MR) is 77.9 cm³/mol. The summed E-state index contributed by atoms with van der Waals surface area (Å²) in [4.78, 5) is 13.1. The van der Waals surface area contributed by atoms with Crippen LogP contribution in [0.5, 0.6) is 0 Å². The molecule has 0 radical (unpaired) electrons. The molecule has 0 spiro atoms. The van der Waals surface area contributed by atoms with E-state index in [0.717, 1.165) is 17.9 Å². The molecule has 0 aliphatic rings. The van der Waals surface area contributed by atoms with E-state index in [1.165, 1.54) is 5.56 Å². The van der Waals surface area contributed by atoms with Gasteiger partial charge in [0.1, 0.15) is 0 Å². The van der Waals surface area contributed by atoms with Crippen molar-refractivity contribution in [3.63, 3.8) is 0 Å². The summed E-state index contributed by atoms with van der Waals surface area (Å²) in [6.45, 7) is 0.774. The molecule has 0 atom stereocenters. The summed E-state index contributed by atoms with van der Waals surface area (Å²) in [6, 6.07) is 15.0. The van der Waals surface area contributed by atoms with Crippen LogP contribution >= 0.6 is 0 Å². The van der Waals surface area contributed by atoms with Crippen LogP contribution in [0, 0.1) is 0 Å². The number of hydrogen-bond donors (Lipinski definition) is 2. The largest absolute Gasteiger partial charge is 0.399 e. The molecule has 4 heteroatoms. The number of nitrogens with two attached hydrogens (primary N) is 2. The first-order valence-corrected chi connectivity index (χ1v) is 6.01. The highest BCUT2D eigenvalue weighted by atomic mass is 16.1. The van der Waals surface area contributed by atoms with Gasteiger partial charge in [-0.1, -0.05) is 12.1 Å². The predicted octanol–water partition coefficient (Wildman–Crippen LogP) is 2.00. The molecule has 0 heterocycles. The van der Waals surface area contributed by atoms with Crippen LogP contribution in [-0.4, -0.2) is 13.0 Å². The third-order valence-corrected chi connectivity index (χ3v) is 2.99. The highest BCUT2D eigenvalue weighted by Gasteiger charge is 2.04. The zero-order valence-corrected chi connectivity index (χ0v) is 10.8. The van der Waals surface area contributed by atoms with Gasteiger partial charge in [0.2, 0.25) is 5.91 Å². The molecule has 0 bridgehead atoms. The lowest BCUT2D eigenvalue weighted by molar-refractivity contribution is 0.100. The number of primary amides is 1. The fourth-order valence-corrected chi connectivity index (χ4v) is 1.87. The molecule has 0 unspecified atom stereocenters. The number of benzene rings is 2. The van der Waals surface area contributed by atoms with E-state index in [1.807, 2.05) is 43.4 Å². The van der Waals surface area contributed by atoms with Crippen molar-refractivity contribution in [3.8, 4) is 0 Å². The molecule has 0 saturated heterocycles. The minimum atomic E-state index is -0.410. The molecule has 1 amide bonds. The first-order valence-electron chi connectivity index (χ1n) is 6.01. The van der Waals surface area contributed by atoms with Crippen LogP contribution in [0.1, 0.15) is 15.9 Å². The number of carbonyl (C=O) groups excluding carboxylic acids is 1. The van der Waals surface area contributed by atoms with Crippen LogP contribution < -0.4 is 16.4 Å². The molecular weight excluding hydrogens is 238 g/mol. The lowest BCUT2D eigenvalue weighted by atomic mass is 10.1. The minimum absolute atomic E-state index is 0.410. The first kappa shape index (κ1) is 13.0. The summed E-state index contributed by atoms with van der Waals surface area (Å²) >= 11 is 0. The van der Waals surface area contributed by atoms with E-state index in [1.54, 1.807) is 12.1 Å². The Morgan fingerprint density at radius 1 is 1.05 bits per heavy atom. The number of amides is 1. The average molecular weight is 255 g/mol. The van der Waals surface area contributed by atoms with Gasteiger partial charge in [-0.15, -0.1) is 0 Å². The Bertz CT molecular complexity index is 561. The smallest absolute Gasteiger partial charge is 0.248 e. The summed E-state index contributed by atoms with van der Waals surface area (Å²) in [5.41, 5.74) is 14.4. The van der Waals surface area contributed by atoms with Gasteiger partial charge in [-0.3, -0.25) is 4.79 Å². The molecule has 0 aliphatic carbocycles. The highest BCUT2D eigenvalue weighted by Crippen LogP contribution is 2.17. The van der Waals surface area contributed by atoms with Gasteiger partial charge in [0.25, 0.3) is 0 Å². The Morgan fingerprint density at radius 2 is 1.63 bits per heavy atom. The summed E-state index contributed by atoms with van der Waals surface area (Å²) < 4.78 is 0. The molecule has 98 valence electrons. The maximum Gasteiger partial charge on any atom is 0.248 e. The Morgan fingerprint density at radius 3 is 2.16 bits per heavy atom. The Balaban J connectivity index is 2.09. The fraction of sp³-hybridized carbons (Fsp3) is 0.133. The number of rotatable bonds is 4. The number of hydrogen-bond acceptors (Lipinski definition) is 3. The second kappa shape index (κ2) is 5.44. The minimum Gasteiger partial charge on any atom is -0.399 e. The van der Waals surface area contributed by atoms with Gasteiger partial charge < -0.3 is 16.4 Å². The first-order chi connectivity index (χ1) is 9.06. The molecule has 4 nitrogen and oxygen atoms in total. The lowest BCUT2D eigenvalue weighted by Gasteiger charge is -2.19. The van der Waals surface area contributed by atoms with E-state index in [0.29, 0.717) is 5.56 Å². The zero-order valence-electron chi connectivity index (χ0n) is 10.8. The van der Waals surface area contributed by atoms with Gasteiger partial charge in [0.15, 0.2) is 0 Å². The van der Waals surface area contributed by atoms with Crippen molar-refractivity contribution in [2.45, 2.75) is 6.54 Å². The van der Waals surface area contributed by atoms with Gasteiger partial charge >= 0.3 is 0 Å². The van der Waals surface area contributed by atoms with Crippen molar-refractivity contribution in [2.75, 3.05) is 17.7 Å². The summed E-state index contributed by atoms with van der Waals surface area (Å²) in [5.74, 6) is -0.410. The lowest BCUT2D eigenvalue weighted by Crippen LogP contribution is -2.17. The molecule has 19 heavy (non-hydrogen) atoms. The molecule has 0 aromatic heterocycles. The van der Waals surface area contributed by atoms with E-state index in [9.17, 15) is 4.79 Å². The normalized spacial score (nSPS) is 10.2. The van der Waals surface area contributed by atoms with Crippen LogP contribution in [0.4, 0.5) is 11.4 Å². The molecule has 0 aliphatic heterocycles. The average Bonchev–Trinajstić information content (AvgIpc) is 2.41. The van der Waals surface area contributed by atoms with Crippen molar-refractivity contribution >= 4 is 17.3 Å². The van der Waals surface area contributed by atoms with Gasteiger partial charge in [0, 0.05) is 30.5 Å². The van der Waals surface area contributed by atoms with Crippen molar-refractivity contribution in [1.82, 2.24) is 0 Å². The van der Waals surface area contributed by atoms with Crippen molar-refractivity contribution in [1.29, 1.82) is 0 Å². The number of carbonyl (C=O) groups is 1. The van der Waals surface area contributed by atoms with Gasteiger partial charge in [-0.25, -0.2) is 0 Å². The van der Waals surface area contributed by atoms with E-state index < -0.39 is 5.91 Å². The molecule has 4 N–H and O–H groups in total. The third kappa shape index (κ3) is 3.25. The maximum absolute atomic E-state index is 11.0. The SMILES string of the molecule is CN(Cc1ccc(N)cc1)c1ccc(C(N)=O)cc1. The van der Waals surface area contributed by atoms with Crippen LogP contribution in [0.3, 0.4) is 0 Å². The summed E-state index contributed by atoms with van der Waals surface area (Å²) in [7, 11) is 2.00. The molecular formula is C15H17N3O. The van der Waals surface area contributed by atoms with Crippen LogP contribution in [0.25, 0.3) is 0 Å². The zero-order chi connectivity index (χ0) is 13.8. The molecule has 2 rings (SSSR count). The Labute approximate surface area is 112 Å². The van der Waals surface area contributed by atoms with Crippen molar-refractivity contribution in [2.24, 2.45) is 5.73 Å². The van der Waals surface area contributed by atoms with E-state index in [-0.39, 0.29) is 0 Å². The van der Waals surface area contributed by atoms with Gasteiger partial charge in [-0.05, 0) is 42.0 Å². The summed E-state index contributed by atoms with van der Waals surface area (Å²) in [6.07, 6.45) is 0. The van der Waals surface area contributed by atoms with Crippen molar-refractivity contribution < 1.29 is 4.79 Å². The molecule has 0 saturated carbocycles. The fourth-order valence-electron chi connectivity index (χ4n) is 1.87. The number of nitrogen functional groups attached to an aromatic ring is 1.